The average Bonchev–Trinajstić information content (AvgIpc) is 3.03. The molecule has 1 aromatic heterocycles. The second-order valence-electron chi connectivity index (χ2n) is 6.24. The second-order valence-corrected chi connectivity index (χ2v) is 6.24. The molecule has 0 aromatic carbocycles. The van der Waals surface area contributed by atoms with E-state index in [-0.39, 0.29) is 6.03 Å². The molecule has 2 saturated carbocycles. The summed E-state index contributed by atoms with van der Waals surface area (Å²) in [5.74, 6) is 1.59. The van der Waals surface area contributed by atoms with Crippen molar-refractivity contribution in [2.45, 2.75) is 45.1 Å². The highest BCUT2D eigenvalue weighted by atomic mass is 16.2. The lowest BCUT2D eigenvalue weighted by atomic mass is 9.95. The number of rotatable bonds is 4. The highest BCUT2D eigenvalue weighted by molar-refractivity contribution is 5.74. The molecule has 4 nitrogen and oxygen atoms in total. The van der Waals surface area contributed by atoms with E-state index in [1.165, 1.54) is 25.7 Å². The quantitative estimate of drug-likeness (QED) is 0.885. The van der Waals surface area contributed by atoms with Gasteiger partial charge in [-0.25, -0.2) is 4.79 Å². The van der Waals surface area contributed by atoms with Gasteiger partial charge in [0.1, 0.15) is 0 Å². The largest absolute Gasteiger partial charge is 0.338 e. The van der Waals surface area contributed by atoms with E-state index >= 15 is 0 Å². The van der Waals surface area contributed by atoms with Gasteiger partial charge in [0.05, 0.1) is 0 Å². The summed E-state index contributed by atoms with van der Waals surface area (Å²) in [6.45, 7) is 2.64. The molecule has 0 unspecified atom stereocenters. The van der Waals surface area contributed by atoms with Gasteiger partial charge >= 0.3 is 6.03 Å². The minimum atomic E-state index is -0.0115. The predicted molar refractivity (Wildman–Crippen MR) is 78.4 cm³/mol. The van der Waals surface area contributed by atoms with Crippen molar-refractivity contribution < 1.29 is 4.79 Å². The van der Waals surface area contributed by atoms with E-state index in [0.717, 1.165) is 29.5 Å². The average molecular weight is 273 g/mol. The number of aromatic nitrogens is 1. The van der Waals surface area contributed by atoms with Crippen LogP contribution >= 0.6 is 0 Å². The smallest absolute Gasteiger partial charge is 0.315 e. The van der Waals surface area contributed by atoms with Crippen LogP contribution < -0.4 is 10.6 Å². The van der Waals surface area contributed by atoms with Crippen LogP contribution in [0.15, 0.2) is 18.3 Å². The molecule has 1 aromatic rings. The van der Waals surface area contributed by atoms with Crippen molar-refractivity contribution in [3.8, 4) is 0 Å². The Hall–Kier alpha value is -1.58. The van der Waals surface area contributed by atoms with Crippen molar-refractivity contribution in [1.29, 1.82) is 0 Å². The third kappa shape index (κ3) is 3.11. The van der Waals surface area contributed by atoms with Crippen LogP contribution in [0.4, 0.5) is 4.79 Å². The van der Waals surface area contributed by atoms with Gasteiger partial charge in [0, 0.05) is 24.5 Å². The fraction of sp³-hybridized carbons (Fsp3) is 0.625. The Morgan fingerprint density at radius 3 is 2.90 bits per heavy atom. The Kier molecular flexibility index (Phi) is 3.90. The lowest BCUT2D eigenvalue weighted by Crippen LogP contribution is -2.44. The van der Waals surface area contributed by atoms with Gasteiger partial charge in [-0.3, -0.25) is 4.98 Å². The first-order valence-corrected chi connectivity index (χ1v) is 7.66. The number of carbonyl (C=O) groups is 1. The number of hydrogen-bond acceptors (Lipinski definition) is 2. The van der Waals surface area contributed by atoms with Gasteiger partial charge in [-0.2, -0.15) is 0 Å². The molecule has 108 valence electrons. The van der Waals surface area contributed by atoms with Crippen molar-refractivity contribution in [1.82, 2.24) is 15.6 Å². The second kappa shape index (κ2) is 5.81. The number of pyridine rings is 1. The van der Waals surface area contributed by atoms with Crippen LogP contribution in [0.1, 0.15) is 36.9 Å². The number of fused-ring (bicyclic) bond motifs is 2. The van der Waals surface area contributed by atoms with Crippen LogP contribution in [0.5, 0.6) is 0 Å². The van der Waals surface area contributed by atoms with Crippen LogP contribution in [0.25, 0.3) is 0 Å². The Bertz CT molecular complexity index is 471. The Morgan fingerprint density at radius 1 is 1.35 bits per heavy atom. The van der Waals surface area contributed by atoms with Crippen LogP contribution in [0.2, 0.25) is 0 Å². The molecule has 1 heterocycles. The monoisotopic (exact) mass is 273 g/mol. The van der Waals surface area contributed by atoms with Gasteiger partial charge in [-0.15, -0.1) is 0 Å². The highest BCUT2D eigenvalue weighted by Crippen LogP contribution is 2.44. The van der Waals surface area contributed by atoms with E-state index < -0.39 is 0 Å². The molecular weight excluding hydrogens is 250 g/mol. The predicted octanol–water partition coefficient (Wildman–Crippen LogP) is 2.42. The maximum atomic E-state index is 11.9. The molecule has 2 bridgehead atoms. The van der Waals surface area contributed by atoms with Crippen LogP contribution in [-0.4, -0.2) is 23.6 Å². The number of amides is 2. The summed E-state index contributed by atoms with van der Waals surface area (Å²) in [4.78, 5) is 16.1. The third-order valence-electron chi connectivity index (χ3n) is 4.73. The molecule has 2 N–H and O–H groups in total. The van der Waals surface area contributed by atoms with Gasteiger partial charge in [-0.1, -0.05) is 12.5 Å². The molecule has 0 spiro atoms. The molecular formula is C16H23N3O. The van der Waals surface area contributed by atoms with Gasteiger partial charge in [0.15, 0.2) is 0 Å². The SMILES string of the molecule is Cc1ccc(CCNC(=O)N[C@H]2C[C@H]3CC[C@H]2C3)cn1. The summed E-state index contributed by atoms with van der Waals surface area (Å²) in [6.07, 6.45) is 7.87. The zero-order valence-electron chi connectivity index (χ0n) is 12.1. The van der Waals surface area contributed by atoms with Crippen molar-refractivity contribution in [3.05, 3.63) is 29.6 Å². The molecule has 2 aliphatic carbocycles. The standard InChI is InChI=1S/C16H23N3O/c1-11-2-3-12(10-18-11)6-7-17-16(20)19-15-9-13-4-5-14(15)8-13/h2-3,10,13-15H,4-9H2,1H3,(H2,17,19,20)/t13-,14-,15-/m0/s1. The normalized spacial score (nSPS) is 27.6. The topological polar surface area (TPSA) is 54.0 Å². The molecule has 4 heteroatoms. The van der Waals surface area contributed by atoms with Crippen LogP contribution in [0.3, 0.4) is 0 Å². The molecule has 2 fully saturated rings. The summed E-state index contributed by atoms with van der Waals surface area (Å²) >= 11 is 0. The Labute approximate surface area is 120 Å². The minimum Gasteiger partial charge on any atom is -0.338 e. The number of carbonyl (C=O) groups excluding carboxylic acids is 1. The molecule has 2 amide bonds. The Morgan fingerprint density at radius 2 is 2.25 bits per heavy atom. The molecule has 20 heavy (non-hydrogen) atoms. The van der Waals surface area contributed by atoms with Gasteiger partial charge in [-0.05, 0) is 56.1 Å². The first-order valence-electron chi connectivity index (χ1n) is 7.66. The van der Waals surface area contributed by atoms with E-state index in [2.05, 4.69) is 21.7 Å². The molecule has 3 rings (SSSR count). The zero-order chi connectivity index (χ0) is 13.9. The fourth-order valence-electron chi connectivity index (χ4n) is 3.61. The molecule has 2 aliphatic rings. The lowest BCUT2D eigenvalue weighted by Gasteiger charge is -2.23. The molecule has 0 saturated heterocycles. The zero-order valence-corrected chi connectivity index (χ0v) is 12.1. The van der Waals surface area contributed by atoms with Crippen molar-refractivity contribution in [2.75, 3.05) is 6.54 Å². The van der Waals surface area contributed by atoms with E-state index in [1.807, 2.05) is 19.2 Å². The highest BCUT2D eigenvalue weighted by Gasteiger charge is 2.39. The summed E-state index contributed by atoms with van der Waals surface area (Å²) in [7, 11) is 0. The van der Waals surface area contributed by atoms with Crippen molar-refractivity contribution in [3.63, 3.8) is 0 Å². The first kappa shape index (κ1) is 13.4. The summed E-state index contributed by atoms with van der Waals surface area (Å²) in [5, 5.41) is 6.09. The number of urea groups is 1. The summed E-state index contributed by atoms with van der Waals surface area (Å²) < 4.78 is 0. The first-order chi connectivity index (χ1) is 9.70. The molecule has 0 radical (unpaired) electrons. The van der Waals surface area contributed by atoms with Crippen molar-refractivity contribution >= 4 is 6.03 Å². The van der Waals surface area contributed by atoms with Gasteiger partial charge in [0.2, 0.25) is 0 Å². The van der Waals surface area contributed by atoms with E-state index in [9.17, 15) is 4.79 Å². The maximum Gasteiger partial charge on any atom is 0.315 e. The third-order valence-corrected chi connectivity index (χ3v) is 4.73. The van der Waals surface area contributed by atoms with E-state index in [4.69, 9.17) is 0 Å². The van der Waals surface area contributed by atoms with Crippen LogP contribution in [0, 0.1) is 18.8 Å². The van der Waals surface area contributed by atoms with Crippen molar-refractivity contribution in [2.24, 2.45) is 11.8 Å². The van der Waals surface area contributed by atoms with E-state index in [1.54, 1.807) is 0 Å². The number of aryl methyl sites for hydroxylation is 1. The number of nitrogens with zero attached hydrogens (tertiary/aromatic N) is 1. The summed E-state index contributed by atoms with van der Waals surface area (Å²) in [5.41, 5.74) is 2.19. The fourth-order valence-corrected chi connectivity index (χ4v) is 3.61. The minimum absolute atomic E-state index is 0.0115. The summed E-state index contributed by atoms with van der Waals surface area (Å²) in [6, 6.07) is 4.47. The number of hydrogen-bond donors (Lipinski definition) is 2. The molecule has 0 aliphatic heterocycles. The lowest BCUT2D eigenvalue weighted by molar-refractivity contribution is 0.231. The maximum absolute atomic E-state index is 11.9. The van der Waals surface area contributed by atoms with E-state index in [0.29, 0.717) is 12.6 Å². The van der Waals surface area contributed by atoms with Crippen LogP contribution in [-0.2, 0) is 6.42 Å². The van der Waals surface area contributed by atoms with Gasteiger partial charge in [0.25, 0.3) is 0 Å². The Balaban J connectivity index is 1.38. The molecule has 3 atom stereocenters. The number of nitrogens with one attached hydrogen (secondary N) is 2. The van der Waals surface area contributed by atoms with Gasteiger partial charge < -0.3 is 10.6 Å².